The van der Waals surface area contributed by atoms with Crippen molar-refractivity contribution >= 4 is 0 Å². The Kier molecular flexibility index (Phi) is 4.40. The first-order chi connectivity index (χ1) is 10.3. The molecule has 1 nitrogen and oxygen atoms in total. The van der Waals surface area contributed by atoms with Crippen molar-refractivity contribution in [1.29, 1.82) is 0 Å². The molecule has 0 radical (unpaired) electrons. The number of hydrogen-bond donors (Lipinski definition) is 1. The first-order valence-corrected chi connectivity index (χ1v) is 8.14. The topological polar surface area (TPSA) is 12.0 Å². The molecule has 2 aromatic rings. The summed E-state index contributed by atoms with van der Waals surface area (Å²) in [5.74, 6) is 1.38. The van der Waals surface area contributed by atoms with Crippen LogP contribution in [0.5, 0.6) is 0 Å². The molecular weight excluding hydrogens is 254 g/mol. The van der Waals surface area contributed by atoms with Gasteiger partial charge in [0, 0.05) is 6.04 Å². The summed E-state index contributed by atoms with van der Waals surface area (Å²) in [6, 6.07) is 20.4. The highest BCUT2D eigenvalue weighted by Gasteiger charge is 2.32. The van der Waals surface area contributed by atoms with E-state index in [1.165, 1.54) is 29.5 Å². The van der Waals surface area contributed by atoms with Gasteiger partial charge in [0.1, 0.15) is 0 Å². The van der Waals surface area contributed by atoms with Crippen molar-refractivity contribution < 1.29 is 0 Å². The van der Waals surface area contributed by atoms with Crippen molar-refractivity contribution in [3.8, 4) is 0 Å². The predicted octanol–water partition coefficient (Wildman–Crippen LogP) is 4.39. The van der Waals surface area contributed by atoms with E-state index in [0.717, 1.165) is 6.54 Å². The summed E-state index contributed by atoms with van der Waals surface area (Å²) in [6.07, 6.45) is 2.38. The van der Waals surface area contributed by atoms with Crippen LogP contribution in [0.15, 0.2) is 54.6 Å². The summed E-state index contributed by atoms with van der Waals surface area (Å²) < 4.78 is 0. The van der Waals surface area contributed by atoms with Crippen LogP contribution < -0.4 is 5.32 Å². The van der Waals surface area contributed by atoms with Gasteiger partial charge in [0.05, 0.1) is 0 Å². The lowest BCUT2D eigenvalue weighted by Gasteiger charge is -2.38. The average Bonchev–Trinajstić information content (AvgIpc) is 2.52. The minimum absolute atomic E-state index is 0.494. The third kappa shape index (κ3) is 3.03. The van der Waals surface area contributed by atoms with Crippen molar-refractivity contribution in [2.24, 2.45) is 11.8 Å². The van der Waals surface area contributed by atoms with Gasteiger partial charge < -0.3 is 5.32 Å². The molecule has 1 aliphatic rings. The van der Waals surface area contributed by atoms with Gasteiger partial charge in [-0.05, 0) is 47.9 Å². The SMILES string of the molecule is CCNC1c2ccccc2CC(Cc2ccccc2)C1C. The summed E-state index contributed by atoms with van der Waals surface area (Å²) in [4.78, 5) is 0. The third-order valence-electron chi connectivity index (χ3n) is 4.91. The zero-order valence-corrected chi connectivity index (χ0v) is 13.0. The lowest BCUT2D eigenvalue weighted by Crippen LogP contribution is -2.37. The van der Waals surface area contributed by atoms with E-state index in [0.29, 0.717) is 17.9 Å². The maximum atomic E-state index is 3.71. The van der Waals surface area contributed by atoms with Gasteiger partial charge in [0.25, 0.3) is 0 Å². The Hall–Kier alpha value is -1.60. The molecule has 0 aliphatic heterocycles. The molecule has 0 spiro atoms. The van der Waals surface area contributed by atoms with Gasteiger partial charge >= 0.3 is 0 Å². The van der Waals surface area contributed by atoms with E-state index in [4.69, 9.17) is 0 Å². The van der Waals surface area contributed by atoms with Crippen LogP contribution in [0.2, 0.25) is 0 Å². The molecular formula is C20H25N. The molecule has 0 bridgehead atoms. The fraction of sp³-hybridized carbons (Fsp3) is 0.400. The van der Waals surface area contributed by atoms with Crippen LogP contribution >= 0.6 is 0 Å². The molecule has 1 heteroatoms. The normalized spacial score (nSPS) is 24.6. The van der Waals surface area contributed by atoms with Crippen molar-refractivity contribution in [3.05, 3.63) is 71.3 Å². The van der Waals surface area contributed by atoms with Crippen molar-refractivity contribution in [2.75, 3.05) is 6.54 Å². The lowest BCUT2D eigenvalue weighted by molar-refractivity contribution is 0.248. The zero-order chi connectivity index (χ0) is 14.7. The maximum absolute atomic E-state index is 3.71. The van der Waals surface area contributed by atoms with Crippen molar-refractivity contribution in [2.45, 2.75) is 32.7 Å². The Morgan fingerprint density at radius 3 is 2.48 bits per heavy atom. The molecule has 2 aromatic carbocycles. The van der Waals surface area contributed by atoms with Crippen molar-refractivity contribution in [3.63, 3.8) is 0 Å². The van der Waals surface area contributed by atoms with Crippen LogP contribution in [0.1, 0.15) is 36.6 Å². The zero-order valence-electron chi connectivity index (χ0n) is 13.0. The minimum Gasteiger partial charge on any atom is -0.310 e. The van der Waals surface area contributed by atoms with Gasteiger partial charge in [-0.2, -0.15) is 0 Å². The molecule has 21 heavy (non-hydrogen) atoms. The van der Waals surface area contributed by atoms with Gasteiger partial charge in [-0.25, -0.2) is 0 Å². The Labute approximate surface area is 128 Å². The fourth-order valence-electron chi connectivity index (χ4n) is 3.74. The molecule has 0 heterocycles. The summed E-state index contributed by atoms with van der Waals surface area (Å²) in [6.45, 7) is 5.65. The maximum Gasteiger partial charge on any atom is 0.0351 e. The molecule has 0 saturated carbocycles. The van der Waals surface area contributed by atoms with E-state index in [1.54, 1.807) is 0 Å². The Morgan fingerprint density at radius 2 is 1.71 bits per heavy atom. The first kappa shape index (κ1) is 14.3. The largest absolute Gasteiger partial charge is 0.310 e. The van der Waals surface area contributed by atoms with Gasteiger partial charge in [-0.1, -0.05) is 68.4 Å². The highest BCUT2D eigenvalue weighted by molar-refractivity contribution is 5.34. The Bertz CT molecular complexity index is 575. The van der Waals surface area contributed by atoms with Gasteiger partial charge in [-0.15, -0.1) is 0 Å². The fourth-order valence-corrected chi connectivity index (χ4v) is 3.74. The lowest BCUT2D eigenvalue weighted by atomic mass is 9.71. The van der Waals surface area contributed by atoms with Gasteiger partial charge in [0.2, 0.25) is 0 Å². The second-order valence-electron chi connectivity index (χ2n) is 6.25. The van der Waals surface area contributed by atoms with Crippen LogP contribution in [0.3, 0.4) is 0 Å². The summed E-state index contributed by atoms with van der Waals surface area (Å²) in [5.41, 5.74) is 4.50. The predicted molar refractivity (Wildman–Crippen MR) is 89.4 cm³/mol. The van der Waals surface area contributed by atoms with E-state index in [9.17, 15) is 0 Å². The number of rotatable bonds is 4. The molecule has 3 rings (SSSR count). The van der Waals surface area contributed by atoms with Crippen molar-refractivity contribution in [1.82, 2.24) is 5.32 Å². The monoisotopic (exact) mass is 279 g/mol. The molecule has 0 saturated heterocycles. The quantitative estimate of drug-likeness (QED) is 0.875. The summed E-state index contributed by atoms with van der Waals surface area (Å²) in [5, 5.41) is 3.71. The van der Waals surface area contributed by atoms with E-state index >= 15 is 0 Å². The second kappa shape index (κ2) is 6.44. The van der Waals surface area contributed by atoms with E-state index in [2.05, 4.69) is 73.8 Å². The molecule has 0 aromatic heterocycles. The number of fused-ring (bicyclic) bond motifs is 1. The molecule has 1 aliphatic carbocycles. The van der Waals surface area contributed by atoms with E-state index < -0.39 is 0 Å². The average molecular weight is 279 g/mol. The van der Waals surface area contributed by atoms with E-state index in [1.807, 2.05) is 0 Å². The molecule has 0 fully saturated rings. The van der Waals surface area contributed by atoms with Gasteiger partial charge in [0.15, 0.2) is 0 Å². The van der Waals surface area contributed by atoms with E-state index in [-0.39, 0.29) is 0 Å². The van der Waals surface area contributed by atoms with Crippen LogP contribution in [-0.2, 0) is 12.8 Å². The van der Waals surface area contributed by atoms with Gasteiger partial charge in [-0.3, -0.25) is 0 Å². The Morgan fingerprint density at radius 1 is 1.00 bits per heavy atom. The molecule has 3 unspecified atom stereocenters. The first-order valence-electron chi connectivity index (χ1n) is 8.14. The standard InChI is InChI=1S/C20H25N/c1-3-21-20-15(2)18(13-16-9-5-4-6-10-16)14-17-11-7-8-12-19(17)20/h4-12,15,18,20-21H,3,13-14H2,1-2H3. The molecule has 0 amide bonds. The molecule has 110 valence electrons. The minimum atomic E-state index is 0.494. The van der Waals surface area contributed by atoms with Crippen LogP contribution in [-0.4, -0.2) is 6.54 Å². The smallest absolute Gasteiger partial charge is 0.0351 e. The Balaban J connectivity index is 1.87. The molecule has 3 atom stereocenters. The van der Waals surface area contributed by atoms with Crippen LogP contribution in [0, 0.1) is 11.8 Å². The van der Waals surface area contributed by atoms with Crippen LogP contribution in [0.4, 0.5) is 0 Å². The summed E-state index contributed by atoms with van der Waals surface area (Å²) in [7, 11) is 0. The highest BCUT2D eigenvalue weighted by Crippen LogP contribution is 2.39. The number of hydrogen-bond acceptors (Lipinski definition) is 1. The van der Waals surface area contributed by atoms with Crippen LogP contribution in [0.25, 0.3) is 0 Å². The number of benzene rings is 2. The molecule has 1 N–H and O–H groups in total. The second-order valence-corrected chi connectivity index (χ2v) is 6.25. The number of nitrogens with one attached hydrogen (secondary N) is 1. The summed E-state index contributed by atoms with van der Waals surface area (Å²) >= 11 is 0. The third-order valence-corrected chi connectivity index (χ3v) is 4.91. The highest BCUT2D eigenvalue weighted by atomic mass is 14.9.